The number of carbonyl (C=O) groups excluding carboxylic acids is 1. The smallest absolute Gasteiger partial charge is 0.234 e. The molecule has 3 nitrogen and oxygen atoms in total. The fraction of sp³-hybridized carbons (Fsp3) is 0.188. The predicted molar refractivity (Wildman–Crippen MR) is 91.8 cm³/mol. The minimum absolute atomic E-state index is 0.0270. The van der Waals surface area contributed by atoms with Crippen molar-refractivity contribution in [2.75, 3.05) is 16.8 Å². The largest absolute Gasteiger partial charge is 0.399 e. The van der Waals surface area contributed by atoms with Crippen molar-refractivity contribution in [3.8, 4) is 0 Å². The number of nitrogens with one attached hydrogen (secondary N) is 1. The average molecular weight is 321 g/mol. The Hall–Kier alpha value is -1.65. The zero-order chi connectivity index (χ0) is 15.2. The Bertz CT molecular complexity index is 629. The molecule has 0 radical (unpaired) electrons. The standard InChI is InChI=1S/C16H17ClN2OS/c1-11-14(17)3-2-4-15(11)19-16(20)10-21-9-12-5-7-13(18)8-6-12/h2-8H,9-10,18H2,1H3,(H,19,20). The van der Waals surface area contributed by atoms with Gasteiger partial charge in [-0.3, -0.25) is 4.79 Å². The number of benzene rings is 2. The van der Waals surface area contributed by atoms with Gasteiger partial charge in [-0.15, -0.1) is 11.8 Å². The van der Waals surface area contributed by atoms with Gasteiger partial charge in [-0.05, 0) is 42.3 Å². The Kier molecular flexibility index (Phi) is 5.53. The van der Waals surface area contributed by atoms with E-state index >= 15 is 0 Å². The van der Waals surface area contributed by atoms with Crippen molar-refractivity contribution in [2.24, 2.45) is 0 Å². The van der Waals surface area contributed by atoms with Gasteiger partial charge < -0.3 is 11.1 Å². The van der Waals surface area contributed by atoms with Crippen LogP contribution in [-0.4, -0.2) is 11.7 Å². The highest BCUT2D eigenvalue weighted by Gasteiger charge is 2.07. The summed E-state index contributed by atoms with van der Waals surface area (Å²) < 4.78 is 0. The first kappa shape index (κ1) is 15.7. The number of rotatable bonds is 5. The van der Waals surface area contributed by atoms with Crippen LogP contribution in [0.2, 0.25) is 5.02 Å². The normalized spacial score (nSPS) is 10.4. The molecule has 0 bridgehead atoms. The molecule has 0 heterocycles. The monoisotopic (exact) mass is 320 g/mol. The van der Waals surface area contributed by atoms with Crippen LogP contribution in [0.3, 0.4) is 0 Å². The topological polar surface area (TPSA) is 55.1 Å². The lowest BCUT2D eigenvalue weighted by Crippen LogP contribution is -2.15. The molecule has 0 aromatic heterocycles. The molecule has 0 aliphatic rings. The highest BCUT2D eigenvalue weighted by Crippen LogP contribution is 2.23. The molecule has 0 spiro atoms. The molecule has 3 N–H and O–H groups in total. The second kappa shape index (κ2) is 7.38. The fourth-order valence-electron chi connectivity index (χ4n) is 1.80. The highest BCUT2D eigenvalue weighted by molar-refractivity contribution is 7.99. The van der Waals surface area contributed by atoms with Crippen LogP contribution >= 0.6 is 23.4 Å². The Morgan fingerprint density at radius 1 is 1.24 bits per heavy atom. The second-order valence-corrected chi connectivity index (χ2v) is 6.09. The molecule has 1 amide bonds. The first-order valence-corrected chi connectivity index (χ1v) is 8.06. The molecule has 0 atom stereocenters. The lowest BCUT2D eigenvalue weighted by molar-refractivity contribution is -0.113. The molecule has 2 aromatic rings. The van der Waals surface area contributed by atoms with E-state index < -0.39 is 0 Å². The summed E-state index contributed by atoms with van der Waals surface area (Å²) >= 11 is 7.59. The third kappa shape index (κ3) is 4.69. The van der Waals surface area contributed by atoms with Crippen LogP contribution in [0.5, 0.6) is 0 Å². The Morgan fingerprint density at radius 3 is 2.67 bits per heavy atom. The van der Waals surface area contributed by atoms with Crippen molar-refractivity contribution >= 4 is 40.6 Å². The summed E-state index contributed by atoms with van der Waals surface area (Å²) in [6, 6.07) is 13.2. The van der Waals surface area contributed by atoms with Crippen LogP contribution in [0.4, 0.5) is 11.4 Å². The van der Waals surface area contributed by atoms with Gasteiger partial charge in [-0.2, -0.15) is 0 Å². The van der Waals surface area contributed by atoms with Crippen LogP contribution in [0.15, 0.2) is 42.5 Å². The predicted octanol–water partition coefficient (Wildman–Crippen LogP) is 4.10. The van der Waals surface area contributed by atoms with Crippen molar-refractivity contribution in [2.45, 2.75) is 12.7 Å². The van der Waals surface area contributed by atoms with Crippen LogP contribution in [0.25, 0.3) is 0 Å². The van der Waals surface area contributed by atoms with E-state index in [0.29, 0.717) is 10.8 Å². The molecule has 0 aliphatic carbocycles. The van der Waals surface area contributed by atoms with Gasteiger partial charge in [-0.25, -0.2) is 0 Å². The average Bonchev–Trinajstić information content (AvgIpc) is 2.46. The number of halogens is 1. The Balaban J connectivity index is 1.82. The summed E-state index contributed by atoms with van der Waals surface area (Å²) in [5.41, 5.74) is 9.19. The molecular formula is C16H17ClN2OS. The highest BCUT2D eigenvalue weighted by atomic mass is 35.5. The SMILES string of the molecule is Cc1c(Cl)cccc1NC(=O)CSCc1ccc(N)cc1. The maximum Gasteiger partial charge on any atom is 0.234 e. The third-order valence-electron chi connectivity index (χ3n) is 3.02. The minimum Gasteiger partial charge on any atom is -0.399 e. The lowest BCUT2D eigenvalue weighted by Gasteiger charge is -2.09. The van der Waals surface area contributed by atoms with Crippen molar-refractivity contribution in [1.29, 1.82) is 0 Å². The van der Waals surface area contributed by atoms with E-state index in [0.717, 1.165) is 28.3 Å². The summed E-state index contributed by atoms with van der Waals surface area (Å²) in [5, 5.41) is 3.54. The van der Waals surface area contributed by atoms with Crippen LogP contribution in [0.1, 0.15) is 11.1 Å². The Labute approximate surface area is 133 Å². The molecule has 5 heteroatoms. The first-order chi connectivity index (χ1) is 10.1. The van der Waals surface area contributed by atoms with E-state index in [1.54, 1.807) is 11.8 Å². The second-order valence-electron chi connectivity index (χ2n) is 4.69. The van der Waals surface area contributed by atoms with Gasteiger partial charge in [-0.1, -0.05) is 29.8 Å². The zero-order valence-corrected chi connectivity index (χ0v) is 13.3. The molecule has 0 fully saturated rings. The summed E-state index contributed by atoms with van der Waals surface area (Å²) in [6.07, 6.45) is 0. The number of hydrogen-bond donors (Lipinski definition) is 2. The molecule has 2 aromatic carbocycles. The zero-order valence-electron chi connectivity index (χ0n) is 11.7. The molecule has 110 valence electrons. The van der Waals surface area contributed by atoms with E-state index in [2.05, 4.69) is 5.32 Å². The minimum atomic E-state index is -0.0270. The number of amides is 1. The number of hydrogen-bond acceptors (Lipinski definition) is 3. The van der Waals surface area contributed by atoms with Crippen molar-refractivity contribution in [3.63, 3.8) is 0 Å². The Morgan fingerprint density at radius 2 is 1.95 bits per heavy atom. The molecule has 0 saturated heterocycles. The van der Waals surface area contributed by atoms with Crippen LogP contribution in [-0.2, 0) is 10.5 Å². The molecule has 2 rings (SSSR count). The lowest BCUT2D eigenvalue weighted by atomic mass is 10.2. The maximum atomic E-state index is 11.9. The van der Waals surface area contributed by atoms with Crippen molar-refractivity contribution < 1.29 is 4.79 Å². The number of anilines is 2. The number of thioether (sulfide) groups is 1. The molecule has 21 heavy (non-hydrogen) atoms. The molecule has 0 saturated carbocycles. The number of carbonyl (C=O) groups is 1. The van der Waals surface area contributed by atoms with Crippen molar-refractivity contribution in [1.82, 2.24) is 0 Å². The fourth-order valence-corrected chi connectivity index (χ4v) is 2.77. The summed E-state index contributed by atoms with van der Waals surface area (Å²) in [4.78, 5) is 11.9. The van der Waals surface area contributed by atoms with Gasteiger partial charge in [0, 0.05) is 22.2 Å². The van der Waals surface area contributed by atoms with Crippen molar-refractivity contribution in [3.05, 3.63) is 58.6 Å². The van der Waals surface area contributed by atoms with Gasteiger partial charge in [0.25, 0.3) is 0 Å². The van der Waals surface area contributed by atoms with Gasteiger partial charge in [0.2, 0.25) is 5.91 Å². The number of nitrogens with two attached hydrogens (primary N) is 1. The van der Waals surface area contributed by atoms with Gasteiger partial charge in [0.05, 0.1) is 5.75 Å². The first-order valence-electron chi connectivity index (χ1n) is 6.53. The van der Waals surface area contributed by atoms with E-state index in [-0.39, 0.29) is 5.91 Å². The van der Waals surface area contributed by atoms with Crippen LogP contribution < -0.4 is 11.1 Å². The van der Waals surface area contributed by atoms with E-state index in [9.17, 15) is 4.79 Å². The van der Waals surface area contributed by atoms with E-state index in [1.807, 2.05) is 49.4 Å². The molecular weight excluding hydrogens is 304 g/mol. The molecule has 0 aliphatic heterocycles. The summed E-state index contributed by atoms with van der Waals surface area (Å²) in [5.74, 6) is 1.15. The van der Waals surface area contributed by atoms with Gasteiger partial charge in [0.15, 0.2) is 0 Å². The quantitative estimate of drug-likeness (QED) is 0.815. The van der Waals surface area contributed by atoms with E-state index in [4.69, 9.17) is 17.3 Å². The molecule has 0 unspecified atom stereocenters. The van der Waals surface area contributed by atoms with Gasteiger partial charge in [0.1, 0.15) is 0 Å². The van der Waals surface area contributed by atoms with Gasteiger partial charge >= 0.3 is 0 Å². The summed E-state index contributed by atoms with van der Waals surface area (Å²) in [7, 11) is 0. The number of nitrogen functional groups attached to an aromatic ring is 1. The van der Waals surface area contributed by atoms with E-state index in [1.165, 1.54) is 0 Å². The third-order valence-corrected chi connectivity index (χ3v) is 4.44. The summed E-state index contributed by atoms with van der Waals surface area (Å²) in [6.45, 7) is 1.89. The van der Waals surface area contributed by atoms with Crippen LogP contribution in [0, 0.1) is 6.92 Å². The maximum absolute atomic E-state index is 11.9.